The van der Waals surface area contributed by atoms with Crippen molar-refractivity contribution in [2.75, 3.05) is 5.32 Å². The Hall–Kier alpha value is -1.59. The molecule has 0 bridgehead atoms. The maximum atomic E-state index is 4.23. The summed E-state index contributed by atoms with van der Waals surface area (Å²) >= 11 is 5.19. The second-order valence-corrected chi connectivity index (χ2v) is 6.81. The van der Waals surface area contributed by atoms with Crippen LogP contribution >= 0.6 is 27.3 Å². The molecular weight excluding hydrogens is 334 g/mol. The zero-order valence-corrected chi connectivity index (χ0v) is 13.2. The summed E-state index contributed by atoms with van der Waals surface area (Å²) in [6.45, 7) is 1.64. The van der Waals surface area contributed by atoms with Gasteiger partial charge in [-0.1, -0.05) is 12.1 Å². The number of benzene rings is 1. The van der Waals surface area contributed by atoms with Gasteiger partial charge in [-0.15, -0.1) is 11.3 Å². The van der Waals surface area contributed by atoms with E-state index in [4.69, 9.17) is 0 Å². The van der Waals surface area contributed by atoms with Gasteiger partial charge < -0.3 is 5.32 Å². The third-order valence-electron chi connectivity index (χ3n) is 2.95. The molecule has 1 aromatic carbocycles. The summed E-state index contributed by atoms with van der Waals surface area (Å²) in [4.78, 5) is 0. The highest BCUT2D eigenvalue weighted by molar-refractivity contribution is 9.11. The van der Waals surface area contributed by atoms with Crippen molar-refractivity contribution >= 4 is 33.0 Å². The van der Waals surface area contributed by atoms with Crippen LogP contribution in [0.4, 0.5) is 5.69 Å². The van der Waals surface area contributed by atoms with Gasteiger partial charge in [0.1, 0.15) is 0 Å². The standard InChI is InChI=1S/C15H14BrN3S/c16-15-8-13(11-20-15)9-17-14-4-1-3-12(7-14)10-19-6-2-5-18-19/h1-8,11,17H,9-10H2. The molecule has 1 N–H and O–H groups in total. The number of aromatic nitrogens is 2. The van der Waals surface area contributed by atoms with Gasteiger partial charge in [0.05, 0.1) is 10.3 Å². The SMILES string of the molecule is Brc1cc(CNc2cccc(Cn3cccn3)c2)cs1. The van der Waals surface area contributed by atoms with Crippen LogP contribution in [0.2, 0.25) is 0 Å². The Bertz CT molecular complexity index is 676. The second-order valence-electron chi connectivity index (χ2n) is 4.52. The summed E-state index contributed by atoms with van der Waals surface area (Å²) in [7, 11) is 0. The van der Waals surface area contributed by atoms with Gasteiger partial charge in [-0.2, -0.15) is 5.10 Å². The van der Waals surface area contributed by atoms with E-state index in [0.29, 0.717) is 0 Å². The highest BCUT2D eigenvalue weighted by Crippen LogP contribution is 2.21. The number of halogens is 1. The predicted molar refractivity (Wildman–Crippen MR) is 87.1 cm³/mol. The first-order valence-electron chi connectivity index (χ1n) is 6.33. The lowest BCUT2D eigenvalue weighted by molar-refractivity contribution is 0.687. The lowest BCUT2D eigenvalue weighted by Crippen LogP contribution is -2.02. The van der Waals surface area contributed by atoms with E-state index in [1.54, 1.807) is 17.5 Å². The van der Waals surface area contributed by atoms with Crippen molar-refractivity contribution in [1.29, 1.82) is 0 Å². The molecule has 0 fully saturated rings. The molecule has 20 heavy (non-hydrogen) atoms. The van der Waals surface area contributed by atoms with E-state index in [2.05, 4.69) is 62.1 Å². The van der Waals surface area contributed by atoms with Gasteiger partial charge in [-0.25, -0.2) is 0 Å². The number of nitrogens with one attached hydrogen (secondary N) is 1. The summed E-state index contributed by atoms with van der Waals surface area (Å²) in [5.74, 6) is 0. The van der Waals surface area contributed by atoms with Gasteiger partial charge in [-0.05, 0) is 56.7 Å². The minimum absolute atomic E-state index is 0.798. The molecule has 3 nitrogen and oxygen atoms in total. The third kappa shape index (κ3) is 3.49. The van der Waals surface area contributed by atoms with Gasteiger partial charge in [0, 0.05) is 24.6 Å². The lowest BCUT2D eigenvalue weighted by atomic mass is 10.2. The van der Waals surface area contributed by atoms with E-state index >= 15 is 0 Å². The van der Waals surface area contributed by atoms with Crippen LogP contribution in [0.25, 0.3) is 0 Å². The maximum absolute atomic E-state index is 4.23. The number of hydrogen-bond acceptors (Lipinski definition) is 3. The third-order valence-corrected chi connectivity index (χ3v) is 4.50. The quantitative estimate of drug-likeness (QED) is 0.742. The Morgan fingerprint density at radius 2 is 2.15 bits per heavy atom. The average molecular weight is 348 g/mol. The average Bonchev–Trinajstić information content (AvgIpc) is 3.09. The Morgan fingerprint density at radius 3 is 2.90 bits per heavy atom. The molecule has 102 valence electrons. The molecule has 0 aliphatic carbocycles. The molecule has 0 spiro atoms. The Morgan fingerprint density at radius 1 is 1.20 bits per heavy atom. The fourth-order valence-corrected chi connectivity index (χ4v) is 3.21. The Kier molecular flexibility index (Phi) is 4.18. The molecule has 5 heteroatoms. The molecule has 0 saturated carbocycles. The monoisotopic (exact) mass is 347 g/mol. The largest absolute Gasteiger partial charge is 0.381 e. The van der Waals surface area contributed by atoms with Crippen LogP contribution in [0, 0.1) is 0 Å². The fourth-order valence-electron chi connectivity index (χ4n) is 2.00. The molecule has 2 aromatic heterocycles. The van der Waals surface area contributed by atoms with Gasteiger partial charge in [-0.3, -0.25) is 4.68 Å². The molecule has 0 radical (unpaired) electrons. The normalized spacial score (nSPS) is 10.7. The summed E-state index contributed by atoms with van der Waals surface area (Å²) in [6, 6.07) is 12.5. The van der Waals surface area contributed by atoms with Crippen LogP contribution in [0.15, 0.2) is 58.0 Å². The topological polar surface area (TPSA) is 29.9 Å². The summed E-state index contributed by atoms with van der Waals surface area (Å²) in [5.41, 5.74) is 3.67. The lowest BCUT2D eigenvalue weighted by Gasteiger charge is -2.08. The Balaban J connectivity index is 1.65. The van der Waals surface area contributed by atoms with Crippen LogP contribution < -0.4 is 5.32 Å². The maximum Gasteiger partial charge on any atom is 0.0701 e. The summed E-state index contributed by atoms with van der Waals surface area (Å²) < 4.78 is 3.09. The number of hydrogen-bond donors (Lipinski definition) is 1. The van der Waals surface area contributed by atoms with Crippen LogP contribution in [0.5, 0.6) is 0 Å². The van der Waals surface area contributed by atoms with Crippen molar-refractivity contribution in [2.45, 2.75) is 13.1 Å². The van der Waals surface area contributed by atoms with E-state index in [1.807, 2.05) is 16.9 Å². The number of thiophene rings is 1. The molecule has 3 rings (SSSR count). The molecule has 0 amide bonds. The van der Waals surface area contributed by atoms with Gasteiger partial charge in [0.15, 0.2) is 0 Å². The molecule has 3 aromatic rings. The molecule has 0 atom stereocenters. The first kappa shape index (κ1) is 13.4. The van der Waals surface area contributed by atoms with Crippen LogP contribution in [-0.2, 0) is 13.1 Å². The summed E-state index contributed by atoms with van der Waals surface area (Å²) in [5, 5.41) is 9.84. The van der Waals surface area contributed by atoms with Crippen molar-refractivity contribution < 1.29 is 0 Å². The van der Waals surface area contributed by atoms with Crippen molar-refractivity contribution in [2.24, 2.45) is 0 Å². The predicted octanol–water partition coefficient (Wildman–Crippen LogP) is 4.37. The second kappa shape index (κ2) is 6.24. The number of anilines is 1. The highest BCUT2D eigenvalue weighted by atomic mass is 79.9. The first-order chi connectivity index (χ1) is 9.79. The molecule has 2 heterocycles. The van der Waals surface area contributed by atoms with Crippen molar-refractivity contribution in [3.8, 4) is 0 Å². The van der Waals surface area contributed by atoms with E-state index < -0.39 is 0 Å². The van der Waals surface area contributed by atoms with Gasteiger partial charge >= 0.3 is 0 Å². The summed E-state index contributed by atoms with van der Waals surface area (Å²) in [6.07, 6.45) is 3.78. The highest BCUT2D eigenvalue weighted by Gasteiger charge is 2.00. The number of rotatable bonds is 5. The van der Waals surface area contributed by atoms with Crippen molar-refractivity contribution in [1.82, 2.24) is 9.78 Å². The smallest absolute Gasteiger partial charge is 0.0701 e. The molecular formula is C15H14BrN3S. The van der Waals surface area contributed by atoms with Gasteiger partial charge in [0.25, 0.3) is 0 Å². The van der Waals surface area contributed by atoms with Crippen LogP contribution in [-0.4, -0.2) is 9.78 Å². The minimum atomic E-state index is 0.798. The van der Waals surface area contributed by atoms with Crippen LogP contribution in [0.3, 0.4) is 0 Å². The molecule has 0 saturated heterocycles. The van der Waals surface area contributed by atoms with E-state index in [1.165, 1.54) is 14.9 Å². The molecule has 0 aliphatic rings. The number of nitrogens with zero attached hydrogens (tertiary/aromatic N) is 2. The first-order valence-corrected chi connectivity index (χ1v) is 8.00. The fraction of sp³-hybridized carbons (Fsp3) is 0.133. The Labute approximate surface area is 130 Å². The minimum Gasteiger partial charge on any atom is -0.381 e. The van der Waals surface area contributed by atoms with Crippen molar-refractivity contribution in [3.63, 3.8) is 0 Å². The zero-order valence-electron chi connectivity index (χ0n) is 10.8. The van der Waals surface area contributed by atoms with Crippen molar-refractivity contribution in [3.05, 3.63) is 69.1 Å². The van der Waals surface area contributed by atoms with E-state index in [-0.39, 0.29) is 0 Å². The van der Waals surface area contributed by atoms with E-state index in [9.17, 15) is 0 Å². The molecule has 0 aliphatic heterocycles. The van der Waals surface area contributed by atoms with E-state index in [0.717, 1.165) is 18.8 Å². The van der Waals surface area contributed by atoms with Gasteiger partial charge in [0.2, 0.25) is 0 Å². The van der Waals surface area contributed by atoms with Crippen LogP contribution in [0.1, 0.15) is 11.1 Å². The zero-order chi connectivity index (χ0) is 13.8. The molecule has 0 unspecified atom stereocenters.